The number of hydrogen-bond acceptors (Lipinski definition) is 3. The molecule has 0 aliphatic carbocycles. The Hall–Kier alpha value is -1.86. The quantitative estimate of drug-likeness (QED) is 0.253. The minimum atomic E-state index is -0.571. The summed E-state index contributed by atoms with van der Waals surface area (Å²) in [7, 11) is 0. The zero-order chi connectivity index (χ0) is 11.3. The Bertz CT molecular complexity index is 459. The number of nitro benzene ring substituents is 1. The van der Waals surface area contributed by atoms with Gasteiger partial charge in [-0.2, -0.15) is 0 Å². The van der Waals surface area contributed by atoms with Crippen LogP contribution in [-0.4, -0.2) is 17.1 Å². The van der Waals surface area contributed by atoms with Gasteiger partial charge in [0.25, 0.3) is 5.69 Å². The number of rotatable bonds is 2. The first kappa shape index (κ1) is 11.2. The predicted molar refractivity (Wildman–Crippen MR) is 56.1 cm³/mol. The predicted octanol–water partition coefficient (Wildman–Crippen LogP) is 2.00. The van der Waals surface area contributed by atoms with Crippen molar-refractivity contribution in [1.29, 1.82) is 0 Å². The maximum atomic E-state index is 10.5. The highest BCUT2D eigenvalue weighted by atomic mass is 35.5. The van der Waals surface area contributed by atoms with Crippen molar-refractivity contribution in [3.8, 4) is 11.8 Å². The van der Waals surface area contributed by atoms with E-state index in [1.807, 2.05) is 0 Å². The van der Waals surface area contributed by atoms with Crippen LogP contribution in [0.25, 0.3) is 0 Å². The van der Waals surface area contributed by atoms with Crippen molar-refractivity contribution < 1.29 is 9.72 Å². The fourth-order valence-corrected chi connectivity index (χ4v) is 1.08. The van der Waals surface area contributed by atoms with Crippen molar-refractivity contribution >= 4 is 23.6 Å². The SMILES string of the molecule is O=Cc1cc(C#CCCl)cc([N+](=O)[O-])c1. The molecule has 15 heavy (non-hydrogen) atoms. The van der Waals surface area contributed by atoms with Crippen molar-refractivity contribution in [2.24, 2.45) is 0 Å². The maximum absolute atomic E-state index is 10.5. The minimum Gasteiger partial charge on any atom is -0.298 e. The van der Waals surface area contributed by atoms with Gasteiger partial charge in [0.15, 0.2) is 0 Å². The number of non-ortho nitro benzene ring substituents is 1. The van der Waals surface area contributed by atoms with Gasteiger partial charge >= 0.3 is 0 Å². The molecule has 0 atom stereocenters. The van der Waals surface area contributed by atoms with Crippen LogP contribution in [-0.2, 0) is 0 Å². The first-order valence-corrected chi connectivity index (χ1v) is 4.50. The fourth-order valence-electron chi connectivity index (χ4n) is 1.02. The van der Waals surface area contributed by atoms with Crippen molar-refractivity contribution in [3.63, 3.8) is 0 Å². The second-order valence-electron chi connectivity index (χ2n) is 2.62. The largest absolute Gasteiger partial charge is 0.298 e. The molecule has 0 amide bonds. The zero-order valence-corrected chi connectivity index (χ0v) is 8.32. The highest BCUT2D eigenvalue weighted by molar-refractivity contribution is 6.19. The Balaban J connectivity index is 3.22. The fraction of sp³-hybridized carbons (Fsp3) is 0.100. The van der Waals surface area contributed by atoms with Crippen molar-refractivity contribution in [2.45, 2.75) is 0 Å². The lowest BCUT2D eigenvalue weighted by Gasteiger charge is -1.95. The number of carbonyl (C=O) groups excluding carboxylic acids is 1. The maximum Gasteiger partial charge on any atom is 0.271 e. The summed E-state index contributed by atoms with van der Waals surface area (Å²) in [5.41, 5.74) is 0.480. The van der Waals surface area contributed by atoms with Gasteiger partial charge < -0.3 is 0 Å². The van der Waals surface area contributed by atoms with Gasteiger partial charge in [0.05, 0.1) is 10.8 Å². The molecule has 76 valence electrons. The Morgan fingerprint density at radius 1 is 1.47 bits per heavy atom. The van der Waals surface area contributed by atoms with E-state index >= 15 is 0 Å². The van der Waals surface area contributed by atoms with E-state index in [9.17, 15) is 14.9 Å². The van der Waals surface area contributed by atoms with E-state index in [1.165, 1.54) is 18.2 Å². The molecule has 0 saturated heterocycles. The smallest absolute Gasteiger partial charge is 0.271 e. The molecular formula is C10H6ClNO3. The van der Waals surface area contributed by atoms with E-state index in [0.29, 0.717) is 11.8 Å². The number of carbonyl (C=O) groups is 1. The average molecular weight is 224 g/mol. The molecule has 0 fully saturated rings. The summed E-state index contributed by atoms with van der Waals surface area (Å²) in [5, 5.41) is 10.5. The number of hydrogen-bond donors (Lipinski definition) is 0. The van der Waals surface area contributed by atoms with Crippen molar-refractivity contribution in [3.05, 3.63) is 39.4 Å². The molecule has 5 heteroatoms. The zero-order valence-electron chi connectivity index (χ0n) is 7.57. The molecule has 0 radical (unpaired) electrons. The Morgan fingerprint density at radius 2 is 2.20 bits per heavy atom. The molecule has 0 bridgehead atoms. The molecule has 0 saturated carbocycles. The number of benzene rings is 1. The van der Waals surface area contributed by atoms with E-state index in [-0.39, 0.29) is 17.1 Å². The minimum absolute atomic E-state index is 0.138. The van der Waals surface area contributed by atoms with Crippen LogP contribution in [0.4, 0.5) is 5.69 Å². The van der Waals surface area contributed by atoms with Crippen LogP contribution in [0.3, 0.4) is 0 Å². The van der Waals surface area contributed by atoms with Gasteiger partial charge in [0.2, 0.25) is 0 Å². The molecule has 0 aromatic heterocycles. The van der Waals surface area contributed by atoms with Crippen molar-refractivity contribution in [1.82, 2.24) is 0 Å². The number of nitro groups is 1. The Kier molecular flexibility index (Phi) is 3.83. The molecule has 0 aliphatic heterocycles. The Labute approximate surface area is 91.0 Å². The first-order chi connectivity index (χ1) is 7.17. The first-order valence-electron chi connectivity index (χ1n) is 3.97. The van der Waals surface area contributed by atoms with Crippen LogP contribution in [0.5, 0.6) is 0 Å². The van der Waals surface area contributed by atoms with Crippen LogP contribution in [0.1, 0.15) is 15.9 Å². The van der Waals surface area contributed by atoms with Gasteiger partial charge in [-0.15, -0.1) is 11.6 Å². The van der Waals surface area contributed by atoms with Crippen LogP contribution in [0.15, 0.2) is 18.2 Å². The van der Waals surface area contributed by atoms with Gasteiger partial charge in [-0.05, 0) is 6.07 Å². The number of aldehydes is 1. The number of alkyl halides is 1. The van der Waals surface area contributed by atoms with Gasteiger partial charge in [0.1, 0.15) is 6.29 Å². The summed E-state index contributed by atoms with van der Waals surface area (Å²) in [4.78, 5) is 20.5. The van der Waals surface area contributed by atoms with Crippen molar-refractivity contribution in [2.75, 3.05) is 5.88 Å². The van der Waals surface area contributed by atoms with E-state index in [0.717, 1.165) is 0 Å². The summed E-state index contributed by atoms with van der Waals surface area (Å²) in [6.45, 7) is 0. The molecule has 0 unspecified atom stereocenters. The van der Waals surface area contributed by atoms with E-state index in [1.54, 1.807) is 0 Å². The molecule has 0 aliphatic rings. The van der Waals surface area contributed by atoms with E-state index in [2.05, 4.69) is 11.8 Å². The lowest BCUT2D eigenvalue weighted by Crippen LogP contribution is -1.91. The number of nitrogens with zero attached hydrogens (tertiary/aromatic N) is 1. The molecule has 1 rings (SSSR count). The Morgan fingerprint density at radius 3 is 2.73 bits per heavy atom. The normalized spacial score (nSPS) is 8.87. The molecular weight excluding hydrogens is 218 g/mol. The third-order valence-corrected chi connectivity index (χ3v) is 1.72. The molecule has 0 heterocycles. The standard InChI is InChI=1S/C10H6ClNO3/c11-3-1-2-8-4-9(7-13)6-10(5-8)12(14)15/h4-7H,3H2. The average Bonchev–Trinajstić information content (AvgIpc) is 2.25. The third-order valence-electron chi connectivity index (χ3n) is 1.59. The highest BCUT2D eigenvalue weighted by Crippen LogP contribution is 2.15. The third kappa shape index (κ3) is 3.08. The summed E-state index contributed by atoms with van der Waals surface area (Å²) in [6.07, 6.45) is 0.541. The summed E-state index contributed by atoms with van der Waals surface area (Å²) in [6, 6.07) is 3.96. The van der Waals surface area contributed by atoms with Crippen LogP contribution in [0.2, 0.25) is 0 Å². The second kappa shape index (κ2) is 5.13. The monoisotopic (exact) mass is 223 g/mol. The van der Waals surface area contributed by atoms with E-state index in [4.69, 9.17) is 11.6 Å². The van der Waals surface area contributed by atoms with Gasteiger partial charge in [-0.3, -0.25) is 14.9 Å². The summed E-state index contributed by atoms with van der Waals surface area (Å²) >= 11 is 5.35. The van der Waals surface area contributed by atoms with Gasteiger partial charge in [0, 0.05) is 23.3 Å². The van der Waals surface area contributed by atoms with Gasteiger partial charge in [-0.25, -0.2) is 0 Å². The van der Waals surface area contributed by atoms with E-state index < -0.39 is 4.92 Å². The van der Waals surface area contributed by atoms with Gasteiger partial charge in [-0.1, -0.05) is 11.8 Å². The molecule has 1 aromatic rings. The lowest BCUT2D eigenvalue weighted by molar-refractivity contribution is -0.384. The van der Waals surface area contributed by atoms with Crippen LogP contribution in [0, 0.1) is 22.0 Å². The number of halogens is 1. The summed E-state index contributed by atoms with van der Waals surface area (Å²) in [5.74, 6) is 5.32. The molecule has 0 spiro atoms. The molecule has 0 N–H and O–H groups in total. The topological polar surface area (TPSA) is 60.2 Å². The van der Waals surface area contributed by atoms with Crippen LogP contribution < -0.4 is 0 Å². The molecule has 4 nitrogen and oxygen atoms in total. The highest BCUT2D eigenvalue weighted by Gasteiger charge is 2.08. The second-order valence-corrected chi connectivity index (χ2v) is 2.89. The van der Waals surface area contributed by atoms with Crippen LogP contribution >= 0.6 is 11.6 Å². The molecule has 1 aromatic carbocycles. The lowest BCUT2D eigenvalue weighted by atomic mass is 10.1. The summed E-state index contributed by atoms with van der Waals surface area (Å²) < 4.78 is 0.